The molecule has 4 atom stereocenters. The number of allylic oxidation sites excluding steroid dienone is 2. The van der Waals surface area contributed by atoms with Crippen LogP contribution in [0.1, 0.15) is 73.1 Å². The number of fused-ring (bicyclic) bond motifs is 3. The van der Waals surface area contributed by atoms with Crippen LogP contribution in [0.3, 0.4) is 0 Å². The van der Waals surface area contributed by atoms with E-state index in [0.29, 0.717) is 29.5 Å². The Labute approximate surface area is 184 Å². The van der Waals surface area contributed by atoms with Gasteiger partial charge in [0.25, 0.3) is 0 Å². The molecule has 4 rings (SSSR count). The second-order valence-corrected chi connectivity index (χ2v) is 8.99. The predicted molar refractivity (Wildman–Crippen MR) is 112 cm³/mol. The molecule has 1 saturated carbocycles. The third kappa shape index (κ3) is 4.33. The van der Waals surface area contributed by atoms with E-state index in [9.17, 15) is 26.3 Å². The Morgan fingerprint density at radius 3 is 2.44 bits per heavy atom. The van der Waals surface area contributed by atoms with Crippen molar-refractivity contribution in [2.45, 2.75) is 63.5 Å². The van der Waals surface area contributed by atoms with Gasteiger partial charge in [-0.3, -0.25) is 0 Å². The fraction of sp³-hybridized carbons (Fsp3) is 0.462. The SMILES string of the molecule is CCC/C=C/[C@@H]1CC[C@H]2c3cc(F)cc(F)c3CC[C@@H]2[C@H]1c1ccc(C(F)(F)F)c(F)c1. The molecule has 6 heteroatoms. The van der Waals surface area contributed by atoms with Gasteiger partial charge in [0, 0.05) is 6.07 Å². The van der Waals surface area contributed by atoms with Crippen LogP contribution in [-0.2, 0) is 12.6 Å². The first kappa shape index (κ1) is 22.9. The Morgan fingerprint density at radius 1 is 0.969 bits per heavy atom. The molecule has 0 bridgehead atoms. The van der Waals surface area contributed by atoms with Crippen LogP contribution in [0.15, 0.2) is 42.5 Å². The molecule has 0 unspecified atom stereocenters. The Kier molecular flexibility index (Phi) is 6.42. The number of benzene rings is 2. The summed E-state index contributed by atoms with van der Waals surface area (Å²) in [5.74, 6) is -2.73. The number of unbranched alkanes of at least 4 members (excludes halogenated alkanes) is 1. The quantitative estimate of drug-likeness (QED) is 0.323. The van der Waals surface area contributed by atoms with Crippen molar-refractivity contribution in [1.82, 2.24) is 0 Å². The average Bonchev–Trinajstić information content (AvgIpc) is 2.72. The van der Waals surface area contributed by atoms with E-state index < -0.39 is 29.2 Å². The molecule has 2 aromatic rings. The highest BCUT2D eigenvalue weighted by atomic mass is 19.4. The van der Waals surface area contributed by atoms with Gasteiger partial charge in [0.1, 0.15) is 17.5 Å². The molecule has 1 fully saturated rings. The first-order valence-electron chi connectivity index (χ1n) is 11.2. The summed E-state index contributed by atoms with van der Waals surface area (Å²) in [6.07, 6.45) is 3.82. The molecule has 0 radical (unpaired) electrons. The first-order valence-corrected chi connectivity index (χ1v) is 11.2. The Hall–Kier alpha value is -2.24. The van der Waals surface area contributed by atoms with Crippen LogP contribution in [0.5, 0.6) is 0 Å². The van der Waals surface area contributed by atoms with E-state index in [-0.39, 0.29) is 23.7 Å². The molecule has 0 heterocycles. The van der Waals surface area contributed by atoms with Crippen molar-refractivity contribution < 1.29 is 26.3 Å². The summed E-state index contributed by atoms with van der Waals surface area (Å²) < 4.78 is 82.2. The average molecular weight is 452 g/mol. The Bertz CT molecular complexity index is 1010. The summed E-state index contributed by atoms with van der Waals surface area (Å²) in [5, 5.41) is 0. The van der Waals surface area contributed by atoms with E-state index in [0.717, 1.165) is 43.9 Å². The fourth-order valence-electron chi connectivity index (χ4n) is 5.75. The summed E-state index contributed by atoms with van der Waals surface area (Å²) in [6, 6.07) is 5.50. The maximum atomic E-state index is 14.5. The summed E-state index contributed by atoms with van der Waals surface area (Å²) >= 11 is 0. The molecule has 32 heavy (non-hydrogen) atoms. The lowest BCUT2D eigenvalue weighted by Crippen LogP contribution is -2.35. The third-order valence-corrected chi connectivity index (χ3v) is 7.09. The van der Waals surface area contributed by atoms with Crippen LogP contribution in [0.4, 0.5) is 26.3 Å². The minimum Gasteiger partial charge on any atom is -0.207 e. The van der Waals surface area contributed by atoms with Crippen LogP contribution >= 0.6 is 0 Å². The number of alkyl halides is 3. The van der Waals surface area contributed by atoms with Gasteiger partial charge in [-0.15, -0.1) is 0 Å². The molecular weight excluding hydrogens is 426 g/mol. The fourth-order valence-corrected chi connectivity index (χ4v) is 5.75. The molecule has 0 spiro atoms. The molecular formula is C26H26F6. The van der Waals surface area contributed by atoms with Gasteiger partial charge in [0.05, 0.1) is 5.56 Å². The lowest BCUT2D eigenvalue weighted by Gasteiger charge is -2.46. The molecule has 2 aromatic carbocycles. The standard InChI is InChI=1S/C26H26F6/c1-2-3-4-5-15-6-8-18-20(10-9-19-21(18)13-17(27)14-23(19)28)25(15)16-7-11-22(24(29)12-16)26(30,31)32/h4-5,7,11-15,18,20,25H,2-3,6,8-10H2,1H3/b5-4+/t15-,18-,20+,25-/m1/s1. The summed E-state index contributed by atoms with van der Waals surface area (Å²) in [7, 11) is 0. The van der Waals surface area contributed by atoms with Crippen LogP contribution < -0.4 is 0 Å². The molecule has 2 aliphatic carbocycles. The van der Waals surface area contributed by atoms with Crippen molar-refractivity contribution in [3.8, 4) is 0 Å². The molecule has 0 N–H and O–H groups in total. The van der Waals surface area contributed by atoms with Crippen LogP contribution in [0, 0.1) is 29.3 Å². The van der Waals surface area contributed by atoms with E-state index in [1.54, 1.807) is 0 Å². The van der Waals surface area contributed by atoms with E-state index >= 15 is 0 Å². The van der Waals surface area contributed by atoms with Gasteiger partial charge >= 0.3 is 6.18 Å². The molecule has 2 aliphatic rings. The molecule has 0 amide bonds. The van der Waals surface area contributed by atoms with Gasteiger partial charge in [0.15, 0.2) is 0 Å². The highest BCUT2D eigenvalue weighted by molar-refractivity contribution is 5.39. The van der Waals surface area contributed by atoms with Crippen LogP contribution in [0.25, 0.3) is 0 Å². The molecule has 0 nitrogen and oxygen atoms in total. The zero-order valence-corrected chi connectivity index (χ0v) is 17.9. The monoisotopic (exact) mass is 452 g/mol. The van der Waals surface area contributed by atoms with E-state index in [4.69, 9.17) is 0 Å². The summed E-state index contributed by atoms with van der Waals surface area (Å²) in [5.41, 5.74) is 0.443. The Balaban J connectivity index is 1.76. The van der Waals surface area contributed by atoms with Crippen molar-refractivity contribution in [3.63, 3.8) is 0 Å². The highest BCUT2D eigenvalue weighted by Gasteiger charge is 2.44. The molecule has 172 valence electrons. The number of hydrogen-bond donors (Lipinski definition) is 0. The van der Waals surface area contributed by atoms with E-state index in [2.05, 4.69) is 19.1 Å². The predicted octanol–water partition coefficient (Wildman–Crippen LogP) is 8.32. The van der Waals surface area contributed by atoms with Crippen molar-refractivity contribution in [1.29, 1.82) is 0 Å². The van der Waals surface area contributed by atoms with E-state index in [1.165, 1.54) is 12.1 Å². The Morgan fingerprint density at radius 2 is 1.75 bits per heavy atom. The minimum atomic E-state index is -4.75. The maximum Gasteiger partial charge on any atom is 0.419 e. The maximum absolute atomic E-state index is 14.5. The topological polar surface area (TPSA) is 0 Å². The zero-order chi connectivity index (χ0) is 23.0. The van der Waals surface area contributed by atoms with Gasteiger partial charge in [-0.2, -0.15) is 13.2 Å². The third-order valence-electron chi connectivity index (χ3n) is 7.09. The van der Waals surface area contributed by atoms with Gasteiger partial charge in [-0.1, -0.05) is 31.6 Å². The van der Waals surface area contributed by atoms with Crippen LogP contribution in [-0.4, -0.2) is 0 Å². The number of halogens is 6. The van der Waals surface area contributed by atoms with E-state index in [1.807, 2.05) is 0 Å². The summed E-state index contributed by atoms with van der Waals surface area (Å²) in [4.78, 5) is 0. The van der Waals surface area contributed by atoms with Gasteiger partial charge in [-0.05, 0) is 90.7 Å². The lowest BCUT2D eigenvalue weighted by molar-refractivity contribution is -0.140. The number of hydrogen-bond acceptors (Lipinski definition) is 0. The van der Waals surface area contributed by atoms with Crippen LogP contribution in [0.2, 0.25) is 0 Å². The van der Waals surface area contributed by atoms with Gasteiger partial charge in [0.2, 0.25) is 0 Å². The summed E-state index contributed by atoms with van der Waals surface area (Å²) in [6.45, 7) is 2.06. The molecule has 0 saturated heterocycles. The van der Waals surface area contributed by atoms with Crippen molar-refractivity contribution in [2.75, 3.05) is 0 Å². The largest absolute Gasteiger partial charge is 0.419 e. The molecule has 0 aliphatic heterocycles. The number of rotatable bonds is 4. The highest BCUT2D eigenvalue weighted by Crippen LogP contribution is 2.54. The lowest BCUT2D eigenvalue weighted by atomic mass is 9.58. The van der Waals surface area contributed by atoms with Gasteiger partial charge < -0.3 is 0 Å². The second-order valence-electron chi connectivity index (χ2n) is 8.99. The zero-order valence-electron chi connectivity index (χ0n) is 17.9. The van der Waals surface area contributed by atoms with Crippen molar-refractivity contribution in [2.24, 2.45) is 11.8 Å². The first-order chi connectivity index (χ1) is 15.2. The normalized spacial score (nSPS) is 25.6. The smallest absolute Gasteiger partial charge is 0.207 e. The van der Waals surface area contributed by atoms with Crippen molar-refractivity contribution in [3.05, 3.63) is 82.2 Å². The molecule has 0 aromatic heterocycles. The second kappa shape index (κ2) is 8.95. The van der Waals surface area contributed by atoms with Crippen molar-refractivity contribution >= 4 is 0 Å². The van der Waals surface area contributed by atoms with Gasteiger partial charge in [-0.25, -0.2) is 13.2 Å². The minimum absolute atomic E-state index is 0.0233.